The van der Waals surface area contributed by atoms with Crippen molar-refractivity contribution in [1.29, 1.82) is 0 Å². The van der Waals surface area contributed by atoms with Crippen molar-refractivity contribution < 1.29 is 49.0 Å². The fourth-order valence-electron chi connectivity index (χ4n) is 7.79. The standard InChI is InChI=1S/C61H67N3O/c1-38(2)50-37-47(27-28-48(50)40-19-16-15-17-20-40)64-54-22-18-21-49(55(54)63-57(64)51-35-46(60(9,10)11)36-52(56(51)65)61(12,13)14)42-31-43(33-45(32-42)59(6,7)8)53-34-41(29-30-62-53)39-23-25-44(26-24-39)58(3,4)5/h15-38,65H,1-14H3/i3D3,4D3,5D3,9D3,10D3,11D3,12D3,13D3,14D3,23D,24D,25D,26D,38D. The Labute approximate surface area is 433 Å². The monoisotopic (exact) mass is 890 g/mol. The van der Waals surface area contributed by atoms with Crippen LogP contribution in [0.3, 0.4) is 0 Å². The zero-order chi connectivity index (χ0) is 73.7. The van der Waals surface area contributed by atoms with Gasteiger partial charge >= 0.3 is 0 Å². The summed E-state index contributed by atoms with van der Waals surface area (Å²) in [7, 11) is 0. The third-order valence-corrected chi connectivity index (χ3v) is 11.2. The molecular formula is C61H67N3O. The number of nitrogens with zero attached hydrogens (tertiary/aromatic N) is 3. The van der Waals surface area contributed by atoms with Crippen molar-refractivity contribution in [2.75, 3.05) is 0 Å². The summed E-state index contributed by atoms with van der Waals surface area (Å²) in [5.74, 6) is -3.58. The lowest BCUT2D eigenvalue weighted by Gasteiger charge is -2.27. The number of imidazole rings is 1. The molecule has 332 valence electrons. The highest BCUT2D eigenvalue weighted by Crippen LogP contribution is 2.45. The van der Waals surface area contributed by atoms with Crippen LogP contribution in [0.25, 0.3) is 72.7 Å². The average molecular weight is 890 g/mol. The highest BCUT2D eigenvalue weighted by atomic mass is 16.3. The van der Waals surface area contributed by atoms with Crippen LogP contribution in [0.2, 0.25) is 0 Å². The van der Waals surface area contributed by atoms with E-state index in [0.717, 1.165) is 0 Å². The summed E-state index contributed by atoms with van der Waals surface area (Å²) >= 11 is 0. The lowest BCUT2D eigenvalue weighted by atomic mass is 9.79. The van der Waals surface area contributed by atoms with E-state index >= 15 is 0 Å². The first kappa shape index (κ1) is 20.5. The van der Waals surface area contributed by atoms with E-state index in [1.54, 1.807) is 92.7 Å². The third-order valence-electron chi connectivity index (χ3n) is 11.2. The number of fused-ring (bicyclic) bond motifs is 1. The molecule has 8 rings (SSSR count). The van der Waals surface area contributed by atoms with Gasteiger partial charge in [-0.2, -0.15) is 0 Å². The molecule has 6 aromatic carbocycles. The van der Waals surface area contributed by atoms with Gasteiger partial charge in [-0.25, -0.2) is 4.98 Å². The van der Waals surface area contributed by atoms with Crippen molar-refractivity contribution in [3.8, 4) is 67.5 Å². The molecule has 0 aliphatic carbocycles. The molecule has 0 atom stereocenters. The number of pyridine rings is 1. The van der Waals surface area contributed by atoms with Crippen molar-refractivity contribution in [2.24, 2.45) is 0 Å². The summed E-state index contributed by atoms with van der Waals surface area (Å²) in [6.45, 7) is -28.4. The Kier molecular flexibility index (Phi) is 5.24. The molecule has 0 aliphatic heterocycles. The number of benzene rings is 6. The minimum atomic E-state index is -4.27. The van der Waals surface area contributed by atoms with Crippen molar-refractivity contribution in [3.63, 3.8) is 0 Å². The van der Waals surface area contributed by atoms with E-state index in [-0.39, 0.29) is 45.2 Å². The van der Waals surface area contributed by atoms with Crippen molar-refractivity contribution >= 4 is 11.0 Å². The topological polar surface area (TPSA) is 50.9 Å². The largest absolute Gasteiger partial charge is 0.507 e. The van der Waals surface area contributed by atoms with E-state index in [4.69, 9.17) is 47.5 Å². The molecule has 2 heterocycles. The number of hydrogen-bond acceptors (Lipinski definition) is 3. The molecule has 0 amide bonds. The summed E-state index contributed by atoms with van der Waals surface area (Å²) in [4.78, 5) is 9.65. The van der Waals surface area contributed by atoms with Gasteiger partial charge in [0.25, 0.3) is 0 Å². The van der Waals surface area contributed by atoms with Crippen molar-refractivity contribution in [1.82, 2.24) is 14.5 Å². The molecule has 0 unspecified atom stereocenters. The number of phenols is 1. The first-order chi connectivity index (χ1) is 43.7. The van der Waals surface area contributed by atoms with Crippen LogP contribution in [-0.4, -0.2) is 19.6 Å². The van der Waals surface area contributed by atoms with Crippen LogP contribution >= 0.6 is 0 Å². The molecular weight excluding hydrogens is 791 g/mol. The molecule has 4 nitrogen and oxygen atoms in total. The maximum atomic E-state index is 13.1. The van der Waals surface area contributed by atoms with Crippen LogP contribution in [-0.2, 0) is 21.7 Å². The van der Waals surface area contributed by atoms with Gasteiger partial charge in [0.2, 0.25) is 0 Å². The summed E-state index contributed by atoms with van der Waals surface area (Å²) in [5, 5.41) is 13.1. The van der Waals surface area contributed by atoms with Crippen LogP contribution in [0, 0.1) is 0 Å². The minimum Gasteiger partial charge on any atom is -0.507 e. The second-order valence-corrected chi connectivity index (χ2v) is 17.4. The summed E-state index contributed by atoms with van der Waals surface area (Å²) in [6, 6.07) is 22.2. The van der Waals surface area contributed by atoms with Gasteiger partial charge in [-0.05, 0) is 126 Å². The van der Waals surface area contributed by atoms with Crippen LogP contribution in [0.4, 0.5) is 0 Å². The summed E-state index contributed by atoms with van der Waals surface area (Å²) in [5.41, 5.74) is -15.9. The maximum absolute atomic E-state index is 13.1. The molecule has 0 radical (unpaired) electrons. The van der Waals surface area contributed by atoms with Gasteiger partial charge in [0.05, 0.1) is 27.8 Å². The maximum Gasteiger partial charge on any atom is 0.149 e. The Morgan fingerprint density at radius 2 is 1.25 bits per heavy atom. The van der Waals surface area contributed by atoms with E-state index in [9.17, 15) is 6.48 Å². The Bertz CT molecular complexity index is 4210. The van der Waals surface area contributed by atoms with Gasteiger partial charge < -0.3 is 5.11 Å². The molecule has 8 aromatic rings. The van der Waals surface area contributed by atoms with Crippen LogP contribution in [0.15, 0.2) is 140 Å². The quantitative estimate of drug-likeness (QED) is 0.173. The average Bonchev–Trinajstić information content (AvgIpc) is 0.952. The molecule has 0 saturated carbocycles. The van der Waals surface area contributed by atoms with E-state index in [1.807, 2.05) is 20.8 Å². The van der Waals surface area contributed by atoms with Crippen molar-refractivity contribution in [2.45, 2.75) is 124 Å². The van der Waals surface area contributed by atoms with E-state index in [1.165, 1.54) is 29.0 Å². The second-order valence-electron chi connectivity index (χ2n) is 17.4. The Hall–Kier alpha value is -6.26. The Morgan fingerprint density at radius 1 is 0.569 bits per heavy atom. The molecule has 2 aromatic heterocycles. The number of hydrogen-bond donors (Lipinski definition) is 1. The summed E-state index contributed by atoms with van der Waals surface area (Å²) in [6.07, 6.45) is 1.24. The van der Waals surface area contributed by atoms with Gasteiger partial charge in [-0.15, -0.1) is 0 Å². The smallest absolute Gasteiger partial charge is 0.149 e. The molecule has 65 heavy (non-hydrogen) atoms. The lowest BCUT2D eigenvalue weighted by Crippen LogP contribution is -2.17. The number of aromatic hydroxyl groups is 1. The van der Waals surface area contributed by atoms with Crippen LogP contribution < -0.4 is 0 Å². The highest BCUT2D eigenvalue weighted by molar-refractivity contribution is 5.97. The molecule has 4 heteroatoms. The number of para-hydroxylation sites is 1. The number of rotatable bonds is 7. The molecule has 0 spiro atoms. The molecule has 0 fully saturated rings. The van der Waals surface area contributed by atoms with Gasteiger partial charge in [-0.1, -0.05) is 181 Å². The molecule has 0 saturated heterocycles. The molecule has 0 aliphatic rings. The van der Waals surface area contributed by atoms with Crippen molar-refractivity contribution in [3.05, 3.63) is 167 Å². The fraction of sp³-hybridized carbons (Fsp3) is 0.311. The zero-order valence-electron chi connectivity index (χ0n) is 68.3. The number of aromatic nitrogens is 3. The van der Waals surface area contributed by atoms with Crippen LogP contribution in [0.5, 0.6) is 5.75 Å². The first-order valence-corrected chi connectivity index (χ1v) is 20.6. The molecule has 0 bridgehead atoms. The van der Waals surface area contributed by atoms with Gasteiger partial charge in [-0.3, -0.25) is 9.55 Å². The normalized spacial score (nSPS) is 21.8. The highest BCUT2D eigenvalue weighted by Gasteiger charge is 2.29. The zero-order valence-corrected chi connectivity index (χ0v) is 36.3. The predicted octanol–water partition coefficient (Wildman–Crippen LogP) is 16.8. The Balaban J connectivity index is 1.55. The van der Waals surface area contributed by atoms with E-state index in [0.29, 0.717) is 33.9 Å². The van der Waals surface area contributed by atoms with Gasteiger partial charge in [0.15, 0.2) is 0 Å². The van der Waals surface area contributed by atoms with E-state index < -0.39 is 153 Å². The predicted molar refractivity (Wildman–Crippen MR) is 277 cm³/mol. The SMILES string of the molecule is [2H]c1c([2H])c(C(C([2H])([2H])[2H])(C([2H])([2H])[2H])C([2H])([2H])[2H])c([2H])c([2H])c1-c1ccnc(-c2cc(-c3cccc4c3nc(-c3cc(C(C([2H])([2H])[2H])(C([2H])([2H])[2H])C([2H])([2H])[2H])cc(C(C([2H])([2H])[2H])(C([2H])([2H])[2H])C([2H])([2H])[2H])c3O)n4-c3ccc(-c4ccccc4)c(C([2H])(C)C)c3)cc(C(C)(C)C)c2)c1. The Morgan fingerprint density at radius 3 is 1.92 bits per heavy atom. The first-order valence-electron chi connectivity index (χ1n) is 36.6. The van der Waals surface area contributed by atoms with Gasteiger partial charge in [0, 0.05) is 67.0 Å². The summed E-state index contributed by atoms with van der Waals surface area (Å²) < 4.78 is 280. The van der Waals surface area contributed by atoms with Gasteiger partial charge in [0.1, 0.15) is 11.6 Å². The third kappa shape index (κ3) is 9.06. The van der Waals surface area contributed by atoms with Crippen LogP contribution in [0.1, 0.15) is 174 Å². The number of phenolic OH excluding ortho intramolecular Hbond substituents is 1. The molecule has 1 N–H and O–H groups in total. The lowest BCUT2D eigenvalue weighted by molar-refractivity contribution is 0.446. The minimum absolute atomic E-state index is 0.0524. The fourth-order valence-corrected chi connectivity index (χ4v) is 7.79. The second kappa shape index (κ2) is 16.6. The van der Waals surface area contributed by atoms with E-state index in [2.05, 4.69) is 4.98 Å².